The molecule has 0 amide bonds. The van der Waals surface area contributed by atoms with Crippen molar-refractivity contribution in [2.75, 3.05) is 41.7 Å². The zero-order chi connectivity index (χ0) is 14.8. The Bertz CT molecular complexity index is 615. The molecule has 1 aliphatic heterocycles. The normalized spacial score (nSPS) is 15.3. The number of rotatable bonds is 2. The highest BCUT2D eigenvalue weighted by Gasteiger charge is 2.19. The molecule has 0 aliphatic carbocycles. The largest absolute Gasteiger partial charge is 0.382 e. The molecular formula is C16H21N5. The van der Waals surface area contributed by atoms with Crippen molar-refractivity contribution in [2.45, 2.75) is 13.8 Å². The van der Waals surface area contributed by atoms with E-state index in [9.17, 15) is 0 Å². The van der Waals surface area contributed by atoms with Gasteiger partial charge in [-0.2, -0.15) is 0 Å². The van der Waals surface area contributed by atoms with Crippen molar-refractivity contribution >= 4 is 17.3 Å². The number of aromatic nitrogens is 2. The summed E-state index contributed by atoms with van der Waals surface area (Å²) < 4.78 is 0. The van der Waals surface area contributed by atoms with E-state index < -0.39 is 0 Å². The van der Waals surface area contributed by atoms with Gasteiger partial charge < -0.3 is 15.5 Å². The second kappa shape index (κ2) is 5.60. The monoisotopic (exact) mass is 283 g/mol. The van der Waals surface area contributed by atoms with E-state index in [0.717, 1.165) is 32.0 Å². The first-order valence-electron chi connectivity index (χ1n) is 7.30. The lowest BCUT2D eigenvalue weighted by Crippen LogP contribution is -2.47. The van der Waals surface area contributed by atoms with Gasteiger partial charge in [-0.05, 0) is 43.2 Å². The third kappa shape index (κ3) is 2.77. The van der Waals surface area contributed by atoms with Gasteiger partial charge in [0.2, 0.25) is 0 Å². The van der Waals surface area contributed by atoms with Crippen LogP contribution in [0.25, 0.3) is 0 Å². The van der Waals surface area contributed by atoms with Crippen LogP contribution in [0.5, 0.6) is 0 Å². The molecule has 2 aromatic rings. The molecule has 0 atom stereocenters. The Labute approximate surface area is 125 Å². The van der Waals surface area contributed by atoms with Gasteiger partial charge in [0, 0.05) is 31.9 Å². The van der Waals surface area contributed by atoms with Crippen molar-refractivity contribution in [3.8, 4) is 0 Å². The minimum absolute atomic E-state index is 0.466. The van der Waals surface area contributed by atoms with Crippen LogP contribution in [0.15, 0.2) is 30.3 Å². The molecule has 0 radical (unpaired) electrons. The van der Waals surface area contributed by atoms with E-state index >= 15 is 0 Å². The number of hydrogen-bond acceptors (Lipinski definition) is 5. The number of nitrogens with two attached hydrogens (primary N) is 1. The van der Waals surface area contributed by atoms with Crippen molar-refractivity contribution < 1.29 is 0 Å². The number of aryl methyl sites for hydroxylation is 1. The standard InChI is InChI=1S/C16H21N5/c1-12-4-3-5-14(13(12)2)20-8-10-21(11-9-20)16-7-6-15(17)18-19-16/h3-7H,8-11H2,1-2H3,(H2,17,18). The molecular weight excluding hydrogens is 262 g/mol. The lowest BCUT2D eigenvalue weighted by Gasteiger charge is -2.37. The van der Waals surface area contributed by atoms with Crippen LogP contribution in [0.4, 0.5) is 17.3 Å². The molecule has 1 aliphatic rings. The van der Waals surface area contributed by atoms with Gasteiger partial charge in [-0.15, -0.1) is 10.2 Å². The quantitative estimate of drug-likeness (QED) is 0.913. The summed E-state index contributed by atoms with van der Waals surface area (Å²) in [6.07, 6.45) is 0. The summed E-state index contributed by atoms with van der Waals surface area (Å²) in [7, 11) is 0. The van der Waals surface area contributed by atoms with E-state index in [1.165, 1.54) is 16.8 Å². The molecule has 1 aromatic heterocycles. The van der Waals surface area contributed by atoms with E-state index in [1.54, 1.807) is 6.07 Å². The molecule has 5 heteroatoms. The van der Waals surface area contributed by atoms with E-state index in [0.29, 0.717) is 5.82 Å². The zero-order valence-corrected chi connectivity index (χ0v) is 12.6. The van der Waals surface area contributed by atoms with Crippen LogP contribution in [0, 0.1) is 13.8 Å². The first-order valence-corrected chi connectivity index (χ1v) is 7.30. The lowest BCUT2D eigenvalue weighted by molar-refractivity contribution is 0.642. The molecule has 1 aromatic carbocycles. The predicted octanol–water partition coefficient (Wildman–Crippen LogP) is 2.00. The van der Waals surface area contributed by atoms with E-state index in [1.807, 2.05) is 6.07 Å². The molecule has 21 heavy (non-hydrogen) atoms. The predicted molar refractivity (Wildman–Crippen MR) is 86.8 cm³/mol. The van der Waals surface area contributed by atoms with Crippen LogP contribution in [0.2, 0.25) is 0 Å². The Balaban J connectivity index is 1.70. The van der Waals surface area contributed by atoms with E-state index in [4.69, 9.17) is 5.73 Å². The Hall–Kier alpha value is -2.30. The van der Waals surface area contributed by atoms with E-state index in [-0.39, 0.29) is 0 Å². The fraction of sp³-hybridized carbons (Fsp3) is 0.375. The van der Waals surface area contributed by atoms with Crippen molar-refractivity contribution in [2.24, 2.45) is 0 Å². The fourth-order valence-corrected chi connectivity index (χ4v) is 2.76. The average molecular weight is 283 g/mol. The highest BCUT2D eigenvalue weighted by molar-refractivity contribution is 5.57. The van der Waals surface area contributed by atoms with Gasteiger partial charge in [0.1, 0.15) is 5.82 Å². The minimum Gasteiger partial charge on any atom is -0.382 e. The number of nitrogens with zero attached hydrogens (tertiary/aromatic N) is 4. The van der Waals surface area contributed by atoms with Crippen molar-refractivity contribution in [1.29, 1.82) is 0 Å². The van der Waals surface area contributed by atoms with Gasteiger partial charge in [-0.25, -0.2) is 0 Å². The maximum absolute atomic E-state index is 5.58. The van der Waals surface area contributed by atoms with Crippen LogP contribution < -0.4 is 15.5 Å². The number of nitrogen functional groups attached to an aromatic ring is 1. The van der Waals surface area contributed by atoms with Crippen LogP contribution in [-0.4, -0.2) is 36.4 Å². The van der Waals surface area contributed by atoms with Gasteiger partial charge in [0.25, 0.3) is 0 Å². The first-order chi connectivity index (χ1) is 10.1. The molecule has 110 valence electrons. The summed E-state index contributed by atoms with van der Waals surface area (Å²) in [5.74, 6) is 1.37. The maximum Gasteiger partial charge on any atom is 0.151 e. The molecule has 0 unspecified atom stereocenters. The van der Waals surface area contributed by atoms with Gasteiger partial charge in [-0.1, -0.05) is 12.1 Å². The second-order valence-corrected chi connectivity index (χ2v) is 5.51. The highest BCUT2D eigenvalue weighted by atomic mass is 15.3. The number of piperazine rings is 1. The molecule has 3 rings (SSSR count). The number of anilines is 3. The minimum atomic E-state index is 0.466. The molecule has 0 bridgehead atoms. The Morgan fingerprint density at radius 1 is 0.905 bits per heavy atom. The van der Waals surface area contributed by atoms with Gasteiger partial charge in [0.15, 0.2) is 5.82 Å². The first kappa shape index (κ1) is 13.7. The molecule has 0 spiro atoms. The summed E-state index contributed by atoms with van der Waals surface area (Å²) in [6, 6.07) is 10.3. The third-order valence-corrected chi connectivity index (χ3v) is 4.19. The van der Waals surface area contributed by atoms with Gasteiger partial charge in [-0.3, -0.25) is 0 Å². The summed E-state index contributed by atoms with van der Waals surface area (Å²) in [4.78, 5) is 4.71. The molecule has 2 heterocycles. The summed E-state index contributed by atoms with van der Waals surface area (Å²) in [6.45, 7) is 8.26. The van der Waals surface area contributed by atoms with Crippen LogP contribution >= 0.6 is 0 Å². The smallest absolute Gasteiger partial charge is 0.151 e. The Kier molecular flexibility index (Phi) is 3.64. The van der Waals surface area contributed by atoms with Crippen LogP contribution in [0.3, 0.4) is 0 Å². The average Bonchev–Trinajstić information content (AvgIpc) is 2.51. The van der Waals surface area contributed by atoms with E-state index in [2.05, 4.69) is 52.0 Å². The lowest BCUT2D eigenvalue weighted by atomic mass is 10.1. The zero-order valence-electron chi connectivity index (χ0n) is 12.6. The molecule has 5 nitrogen and oxygen atoms in total. The SMILES string of the molecule is Cc1cccc(N2CCN(c3ccc(N)nn3)CC2)c1C. The third-order valence-electron chi connectivity index (χ3n) is 4.19. The fourth-order valence-electron chi connectivity index (χ4n) is 2.76. The maximum atomic E-state index is 5.58. The summed E-state index contributed by atoms with van der Waals surface area (Å²) in [5.41, 5.74) is 9.65. The highest BCUT2D eigenvalue weighted by Crippen LogP contribution is 2.24. The van der Waals surface area contributed by atoms with Gasteiger partial charge in [0.05, 0.1) is 0 Å². The van der Waals surface area contributed by atoms with Crippen molar-refractivity contribution in [3.63, 3.8) is 0 Å². The number of hydrogen-bond donors (Lipinski definition) is 1. The summed E-state index contributed by atoms with van der Waals surface area (Å²) >= 11 is 0. The molecule has 2 N–H and O–H groups in total. The van der Waals surface area contributed by atoms with Crippen LogP contribution in [-0.2, 0) is 0 Å². The second-order valence-electron chi connectivity index (χ2n) is 5.51. The van der Waals surface area contributed by atoms with Crippen LogP contribution in [0.1, 0.15) is 11.1 Å². The number of benzene rings is 1. The summed E-state index contributed by atoms with van der Waals surface area (Å²) in [5, 5.41) is 8.09. The Morgan fingerprint density at radius 2 is 1.62 bits per heavy atom. The molecule has 1 saturated heterocycles. The van der Waals surface area contributed by atoms with Crippen molar-refractivity contribution in [3.05, 3.63) is 41.5 Å². The topological polar surface area (TPSA) is 58.3 Å². The van der Waals surface area contributed by atoms with Gasteiger partial charge >= 0.3 is 0 Å². The molecule has 1 fully saturated rings. The van der Waals surface area contributed by atoms with Crippen molar-refractivity contribution in [1.82, 2.24) is 10.2 Å². The Morgan fingerprint density at radius 3 is 2.29 bits per heavy atom. The molecule has 0 saturated carbocycles.